The number of aromatic nitrogens is 1. The predicted octanol–water partition coefficient (Wildman–Crippen LogP) is 2.73. The number of piperidine rings is 1. The highest BCUT2D eigenvalue weighted by molar-refractivity contribution is 5.86. The first-order valence-electron chi connectivity index (χ1n) is 8.61. The Kier molecular flexibility index (Phi) is 6.62. The third kappa shape index (κ3) is 4.61. The number of pyridine rings is 1. The first-order valence-corrected chi connectivity index (χ1v) is 8.61. The summed E-state index contributed by atoms with van der Waals surface area (Å²) in [5.74, 6) is 1.19. The number of carbonyl (C=O) groups excluding carboxylic acids is 1. The number of para-hydroxylation sites is 1. The molecule has 5 nitrogen and oxygen atoms in total. The molecule has 2 atom stereocenters. The summed E-state index contributed by atoms with van der Waals surface area (Å²) in [6.07, 6.45) is 1.82. The number of nitrogens with zero attached hydrogens (tertiary/aromatic N) is 2. The molecule has 1 aliphatic heterocycles. The topological polar surface area (TPSA) is 57.3 Å². The van der Waals surface area contributed by atoms with Crippen molar-refractivity contribution in [2.24, 2.45) is 5.92 Å². The van der Waals surface area contributed by atoms with Crippen LogP contribution in [0.3, 0.4) is 0 Å². The summed E-state index contributed by atoms with van der Waals surface area (Å²) in [4.78, 5) is 19.2. The Morgan fingerprint density at radius 1 is 1.36 bits per heavy atom. The molecule has 1 aliphatic rings. The molecule has 6 heteroatoms. The fourth-order valence-electron chi connectivity index (χ4n) is 3.30. The van der Waals surface area contributed by atoms with E-state index in [4.69, 9.17) is 0 Å². The molecule has 0 aliphatic carbocycles. The summed E-state index contributed by atoms with van der Waals surface area (Å²) in [5, 5.41) is 7.62. The third-order valence-electron chi connectivity index (χ3n) is 4.69. The third-order valence-corrected chi connectivity index (χ3v) is 4.69. The zero-order valence-electron chi connectivity index (χ0n) is 15.1. The van der Waals surface area contributed by atoms with Crippen molar-refractivity contribution in [3.05, 3.63) is 35.9 Å². The summed E-state index contributed by atoms with van der Waals surface area (Å²) in [5.41, 5.74) is 2.07. The summed E-state index contributed by atoms with van der Waals surface area (Å²) in [6, 6.07) is 10.6. The van der Waals surface area contributed by atoms with Gasteiger partial charge in [-0.3, -0.25) is 4.79 Å². The van der Waals surface area contributed by atoms with Crippen molar-refractivity contribution in [3.63, 3.8) is 0 Å². The van der Waals surface area contributed by atoms with Gasteiger partial charge >= 0.3 is 0 Å². The highest BCUT2D eigenvalue weighted by Gasteiger charge is 2.24. The molecule has 1 amide bonds. The van der Waals surface area contributed by atoms with E-state index in [0.717, 1.165) is 41.7 Å². The van der Waals surface area contributed by atoms with E-state index in [1.54, 1.807) is 0 Å². The van der Waals surface area contributed by atoms with Crippen LogP contribution in [0.5, 0.6) is 0 Å². The molecule has 1 aromatic heterocycles. The van der Waals surface area contributed by atoms with Crippen molar-refractivity contribution < 1.29 is 4.79 Å². The van der Waals surface area contributed by atoms with Crippen molar-refractivity contribution in [2.45, 2.75) is 32.4 Å². The van der Waals surface area contributed by atoms with Crippen LogP contribution in [0, 0.1) is 5.92 Å². The number of anilines is 1. The van der Waals surface area contributed by atoms with Crippen molar-refractivity contribution >= 4 is 35.0 Å². The fraction of sp³-hybridized carbons (Fsp3) is 0.474. The molecule has 0 unspecified atom stereocenters. The number of amides is 1. The lowest BCUT2D eigenvalue weighted by atomic mass is 9.92. The number of hydrogen-bond donors (Lipinski definition) is 2. The van der Waals surface area contributed by atoms with Crippen LogP contribution in [-0.2, 0) is 11.3 Å². The Balaban J connectivity index is 0.00000225. The van der Waals surface area contributed by atoms with Gasteiger partial charge in [-0.15, -0.1) is 12.4 Å². The normalized spacial score (nSPS) is 20.0. The summed E-state index contributed by atoms with van der Waals surface area (Å²) >= 11 is 0. The average Bonchev–Trinajstić information content (AvgIpc) is 2.59. The first kappa shape index (κ1) is 19.5. The van der Waals surface area contributed by atoms with E-state index < -0.39 is 0 Å². The summed E-state index contributed by atoms with van der Waals surface area (Å²) < 4.78 is 0. The van der Waals surface area contributed by atoms with E-state index >= 15 is 0 Å². The van der Waals surface area contributed by atoms with Gasteiger partial charge in [0, 0.05) is 38.0 Å². The molecule has 25 heavy (non-hydrogen) atoms. The van der Waals surface area contributed by atoms with E-state index in [-0.39, 0.29) is 24.2 Å². The summed E-state index contributed by atoms with van der Waals surface area (Å²) in [6.45, 7) is 3.60. The zero-order valence-corrected chi connectivity index (χ0v) is 15.9. The minimum Gasteiger partial charge on any atom is -0.363 e. The number of rotatable bonds is 4. The molecule has 0 bridgehead atoms. The SMILES string of the molecule is C[C@H]1C[C@@H](C(=O)NCc2cc(N(C)C)nc3ccccc23)CCN1.Cl. The van der Waals surface area contributed by atoms with Crippen molar-refractivity contribution in [1.29, 1.82) is 0 Å². The van der Waals surface area contributed by atoms with Crippen molar-refractivity contribution in [2.75, 3.05) is 25.5 Å². The van der Waals surface area contributed by atoms with Gasteiger partial charge in [-0.25, -0.2) is 4.98 Å². The molecular weight excluding hydrogens is 336 g/mol. The van der Waals surface area contributed by atoms with Gasteiger partial charge < -0.3 is 15.5 Å². The van der Waals surface area contributed by atoms with Gasteiger partial charge in [-0.2, -0.15) is 0 Å². The minimum atomic E-state index is 0. The Morgan fingerprint density at radius 2 is 2.12 bits per heavy atom. The van der Waals surface area contributed by atoms with Gasteiger partial charge in [0.1, 0.15) is 5.82 Å². The van der Waals surface area contributed by atoms with Crippen LogP contribution in [0.4, 0.5) is 5.82 Å². The number of benzene rings is 1. The van der Waals surface area contributed by atoms with Crippen LogP contribution in [-0.4, -0.2) is 37.6 Å². The first-order chi connectivity index (χ1) is 11.5. The smallest absolute Gasteiger partial charge is 0.223 e. The number of hydrogen-bond acceptors (Lipinski definition) is 4. The van der Waals surface area contributed by atoms with Gasteiger partial charge in [0.25, 0.3) is 0 Å². The lowest BCUT2D eigenvalue weighted by Crippen LogP contribution is -2.42. The van der Waals surface area contributed by atoms with Crippen LogP contribution in [0.1, 0.15) is 25.3 Å². The Labute approximate surface area is 155 Å². The average molecular weight is 363 g/mol. The molecule has 136 valence electrons. The van der Waals surface area contributed by atoms with Crippen LogP contribution in [0.2, 0.25) is 0 Å². The number of carbonyl (C=O) groups is 1. The van der Waals surface area contributed by atoms with Crippen molar-refractivity contribution in [1.82, 2.24) is 15.6 Å². The van der Waals surface area contributed by atoms with Crippen LogP contribution >= 0.6 is 12.4 Å². The monoisotopic (exact) mass is 362 g/mol. The standard InChI is InChI=1S/C19H26N4O.ClH/c1-13-10-14(8-9-20-13)19(24)21-12-15-11-18(23(2)3)22-17-7-5-4-6-16(15)17;/h4-7,11,13-14,20H,8-10,12H2,1-3H3,(H,21,24);1H/t13-,14-;/m0./s1. The highest BCUT2D eigenvalue weighted by Crippen LogP contribution is 2.22. The second kappa shape index (κ2) is 8.50. The van der Waals surface area contributed by atoms with E-state index in [1.807, 2.05) is 37.2 Å². The number of nitrogens with one attached hydrogen (secondary N) is 2. The van der Waals surface area contributed by atoms with E-state index in [1.165, 1.54) is 0 Å². The van der Waals surface area contributed by atoms with E-state index in [0.29, 0.717) is 12.6 Å². The lowest BCUT2D eigenvalue weighted by molar-refractivity contribution is -0.126. The Hall–Kier alpha value is -1.85. The number of fused-ring (bicyclic) bond motifs is 1. The van der Waals surface area contributed by atoms with Crippen LogP contribution in [0.25, 0.3) is 10.9 Å². The predicted molar refractivity (Wildman–Crippen MR) is 105 cm³/mol. The molecule has 0 spiro atoms. The van der Waals surface area contributed by atoms with Crippen molar-refractivity contribution in [3.8, 4) is 0 Å². The molecular formula is C19H27ClN4O. The molecule has 1 saturated heterocycles. The van der Waals surface area contributed by atoms with Gasteiger partial charge in [0.15, 0.2) is 0 Å². The summed E-state index contributed by atoms with van der Waals surface area (Å²) in [7, 11) is 3.96. The second-order valence-electron chi connectivity index (χ2n) is 6.85. The van der Waals surface area contributed by atoms with Gasteiger partial charge in [-0.05, 0) is 44.0 Å². The maximum Gasteiger partial charge on any atom is 0.223 e. The van der Waals surface area contributed by atoms with Gasteiger partial charge in [0.2, 0.25) is 5.91 Å². The van der Waals surface area contributed by atoms with Gasteiger partial charge in [0.05, 0.1) is 5.52 Å². The quantitative estimate of drug-likeness (QED) is 0.878. The number of halogens is 1. The molecule has 0 saturated carbocycles. The van der Waals surface area contributed by atoms with E-state index in [9.17, 15) is 4.79 Å². The molecule has 2 aromatic rings. The second-order valence-corrected chi connectivity index (χ2v) is 6.85. The highest BCUT2D eigenvalue weighted by atomic mass is 35.5. The Bertz CT molecular complexity index is 734. The molecule has 1 aromatic carbocycles. The molecule has 2 heterocycles. The maximum absolute atomic E-state index is 12.5. The van der Waals surface area contributed by atoms with E-state index in [2.05, 4.69) is 34.7 Å². The maximum atomic E-state index is 12.5. The fourth-order valence-corrected chi connectivity index (χ4v) is 3.30. The molecule has 2 N–H and O–H groups in total. The van der Waals surface area contributed by atoms with Crippen LogP contribution in [0.15, 0.2) is 30.3 Å². The van der Waals surface area contributed by atoms with Crippen LogP contribution < -0.4 is 15.5 Å². The lowest BCUT2D eigenvalue weighted by Gasteiger charge is -2.27. The largest absolute Gasteiger partial charge is 0.363 e. The zero-order chi connectivity index (χ0) is 17.1. The minimum absolute atomic E-state index is 0. The molecule has 0 radical (unpaired) electrons. The molecule has 3 rings (SSSR count). The van der Waals surface area contributed by atoms with Gasteiger partial charge in [-0.1, -0.05) is 18.2 Å². The Morgan fingerprint density at radius 3 is 2.84 bits per heavy atom. The molecule has 1 fully saturated rings.